The molecule has 3 aromatic heterocycles. The number of rotatable bonds is 2. The molecule has 0 unspecified atom stereocenters. The number of pyridine rings is 2. The summed E-state index contributed by atoms with van der Waals surface area (Å²) < 4.78 is 14.6. The molecule has 0 bridgehead atoms. The van der Waals surface area contributed by atoms with Crippen LogP contribution >= 0.6 is 11.6 Å². The number of aromatic nitrogens is 4. The first kappa shape index (κ1) is 19.5. The van der Waals surface area contributed by atoms with E-state index in [1.54, 1.807) is 30.6 Å². The predicted molar refractivity (Wildman–Crippen MR) is 127 cm³/mol. The molecule has 0 aliphatic rings. The highest BCUT2D eigenvalue weighted by Gasteiger charge is 2.19. The van der Waals surface area contributed by atoms with Gasteiger partial charge in [-0.25, -0.2) is 14.4 Å². The lowest BCUT2D eigenvalue weighted by Crippen LogP contribution is -2.05. The van der Waals surface area contributed by atoms with E-state index in [1.807, 2.05) is 18.2 Å². The summed E-state index contributed by atoms with van der Waals surface area (Å²) in [5.74, 6) is -0.275. The van der Waals surface area contributed by atoms with E-state index in [4.69, 9.17) is 11.6 Å². The number of H-pyrrole nitrogens is 2. The Bertz CT molecular complexity index is 1750. The van der Waals surface area contributed by atoms with Gasteiger partial charge >= 0.3 is 0 Å². The second-order valence-electron chi connectivity index (χ2n) is 7.67. The molecular weight excluding hydrogens is 443 g/mol. The summed E-state index contributed by atoms with van der Waals surface area (Å²) in [5.41, 5.74) is 2.77. The van der Waals surface area contributed by atoms with Crippen LogP contribution in [0.4, 0.5) is 4.39 Å². The first-order valence-electron chi connectivity index (χ1n) is 10.1. The van der Waals surface area contributed by atoms with Crippen LogP contribution in [-0.2, 0) is 0 Å². The third kappa shape index (κ3) is 2.97. The summed E-state index contributed by atoms with van der Waals surface area (Å²) in [5, 5.41) is 12.3. The van der Waals surface area contributed by atoms with Gasteiger partial charge in [0.15, 0.2) is 0 Å². The molecule has 6 aromatic rings. The van der Waals surface area contributed by atoms with Crippen molar-refractivity contribution in [3.8, 4) is 28.4 Å². The predicted octanol–water partition coefficient (Wildman–Crippen LogP) is 5.78. The molecule has 33 heavy (non-hydrogen) atoms. The molecule has 0 radical (unpaired) electrons. The molecule has 0 saturated carbocycles. The maximum Gasteiger partial charge on any atom is 0.256 e. The zero-order valence-electron chi connectivity index (χ0n) is 16.9. The van der Waals surface area contributed by atoms with Gasteiger partial charge in [0.05, 0.1) is 27.0 Å². The number of nitrogens with one attached hydrogen (secondary N) is 2. The van der Waals surface area contributed by atoms with E-state index in [1.165, 1.54) is 18.2 Å². The van der Waals surface area contributed by atoms with Gasteiger partial charge in [-0.05, 0) is 41.3 Å². The lowest BCUT2D eigenvalue weighted by molar-refractivity contribution is 0.453. The first-order valence-corrected chi connectivity index (χ1v) is 10.5. The minimum absolute atomic E-state index is 0.0704. The fraction of sp³-hybridized carbons (Fsp3) is 0. The van der Waals surface area contributed by atoms with Crippen molar-refractivity contribution in [3.05, 3.63) is 88.2 Å². The molecular formula is C25H14ClFN4O2. The number of fused-ring (bicyclic) bond motifs is 6. The highest BCUT2D eigenvalue weighted by atomic mass is 35.5. The SMILES string of the molecule is O=c1[nH]ccc2c3[nH]c(-c4c(F)cccc4Cl)nc3c3ccc(-c4ccc(O)nc4)cc3c12. The zero-order valence-corrected chi connectivity index (χ0v) is 17.6. The maximum absolute atomic E-state index is 14.6. The Labute approximate surface area is 190 Å². The fourth-order valence-electron chi connectivity index (χ4n) is 4.25. The standard InChI is InChI=1S/C25H14ClFN4O2/c26-17-2-1-3-18(27)21(17)24-30-22-14-6-4-12(13-5-7-19(32)29-11-13)10-16(14)20-15(23(22)31-24)8-9-28-25(20)33/h1-11H,(H,28,33)(H,29,32)(H,30,31). The molecule has 0 aliphatic heterocycles. The van der Waals surface area contributed by atoms with Crippen molar-refractivity contribution in [3.63, 3.8) is 0 Å². The number of imidazole rings is 1. The van der Waals surface area contributed by atoms with Crippen molar-refractivity contribution < 1.29 is 9.50 Å². The largest absolute Gasteiger partial charge is 0.493 e. The molecule has 0 spiro atoms. The smallest absolute Gasteiger partial charge is 0.256 e. The number of benzene rings is 3. The highest BCUT2D eigenvalue weighted by Crippen LogP contribution is 2.37. The Kier molecular flexibility index (Phi) is 4.21. The van der Waals surface area contributed by atoms with Crippen LogP contribution in [0.2, 0.25) is 5.02 Å². The van der Waals surface area contributed by atoms with Crippen molar-refractivity contribution in [2.24, 2.45) is 0 Å². The molecule has 6 nitrogen and oxygen atoms in total. The number of halogens is 2. The van der Waals surface area contributed by atoms with Crippen LogP contribution in [0.3, 0.4) is 0 Å². The summed E-state index contributed by atoms with van der Waals surface area (Å²) in [4.78, 5) is 27.4. The molecule has 0 saturated heterocycles. The summed E-state index contributed by atoms with van der Waals surface area (Å²) in [6, 6.07) is 15.2. The van der Waals surface area contributed by atoms with Gasteiger partial charge in [-0.2, -0.15) is 0 Å². The fourth-order valence-corrected chi connectivity index (χ4v) is 4.51. The molecule has 3 N–H and O–H groups in total. The Morgan fingerprint density at radius 2 is 1.82 bits per heavy atom. The molecule has 3 heterocycles. The molecule has 3 aromatic carbocycles. The Morgan fingerprint density at radius 3 is 2.61 bits per heavy atom. The van der Waals surface area contributed by atoms with Gasteiger partial charge in [0.2, 0.25) is 5.88 Å². The van der Waals surface area contributed by atoms with E-state index < -0.39 is 5.82 Å². The third-order valence-electron chi connectivity index (χ3n) is 5.76. The number of aromatic amines is 2. The minimum atomic E-state index is -0.491. The van der Waals surface area contributed by atoms with Gasteiger partial charge in [0, 0.05) is 34.8 Å². The van der Waals surface area contributed by atoms with Crippen molar-refractivity contribution in [1.29, 1.82) is 0 Å². The summed E-state index contributed by atoms with van der Waals surface area (Å²) in [6.07, 6.45) is 3.13. The van der Waals surface area contributed by atoms with E-state index >= 15 is 0 Å². The van der Waals surface area contributed by atoms with E-state index in [2.05, 4.69) is 19.9 Å². The first-order chi connectivity index (χ1) is 16.0. The van der Waals surface area contributed by atoms with Crippen molar-refractivity contribution in [2.75, 3.05) is 0 Å². The van der Waals surface area contributed by atoms with Gasteiger partial charge < -0.3 is 15.1 Å². The summed E-state index contributed by atoms with van der Waals surface area (Å²) in [7, 11) is 0. The molecule has 8 heteroatoms. The topological polar surface area (TPSA) is 94.7 Å². The van der Waals surface area contributed by atoms with Crippen LogP contribution in [0.1, 0.15) is 0 Å². The molecule has 0 fully saturated rings. The van der Waals surface area contributed by atoms with Crippen LogP contribution in [0, 0.1) is 5.82 Å². The molecule has 6 rings (SSSR count). The second-order valence-corrected chi connectivity index (χ2v) is 8.07. The number of hydrogen-bond acceptors (Lipinski definition) is 4. The van der Waals surface area contributed by atoms with Crippen LogP contribution in [0.15, 0.2) is 71.8 Å². The van der Waals surface area contributed by atoms with Gasteiger partial charge in [-0.1, -0.05) is 29.8 Å². The van der Waals surface area contributed by atoms with Crippen molar-refractivity contribution >= 4 is 44.2 Å². The van der Waals surface area contributed by atoms with Gasteiger partial charge in [0.1, 0.15) is 11.6 Å². The van der Waals surface area contributed by atoms with Crippen molar-refractivity contribution in [2.45, 2.75) is 0 Å². The maximum atomic E-state index is 14.6. The monoisotopic (exact) mass is 456 g/mol. The van der Waals surface area contributed by atoms with Crippen LogP contribution in [0.5, 0.6) is 5.88 Å². The van der Waals surface area contributed by atoms with Crippen LogP contribution < -0.4 is 5.56 Å². The Hall–Kier alpha value is -4.23. The van der Waals surface area contributed by atoms with Gasteiger partial charge in [-0.3, -0.25) is 4.79 Å². The second kappa shape index (κ2) is 7.15. The molecule has 0 amide bonds. The lowest BCUT2D eigenvalue weighted by atomic mass is 9.97. The van der Waals surface area contributed by atoms with Crippen LogP contribution in [-0.4, -0.2) is 25.0 Å². The number of nitrogens with zero attached hydrogens (tertiary/aromatic N) is 2. The van der Waals surface area contributed by atoms with E-state index in [0.717, 1.165) is 16.5 Å². The average Bonchev–Trinajstić information content (AvgIpc) is 3.24. The Balaban J connectivity index is 1.73. The Morgan fingerprint density at radius 1 is 0.970 bits per heavy atom. The number of aromatic hydroxyl groups is 1. The molecule has 0 atom stereocenters. The zero-order chi connectivity index (χ0) is 22.7. The highest BCUT2D eigenvalue weighted by molar-refractivity contribution is 6.33. The summed E-state index contributed by atoms with van der Waals surface area (Å²) >= 11 is 6.27. The normalized spacial score (nSPS) is 11.6. The van der Waals surface area contributed by atoms with E-state index in [-0.39, 0.29) is 27.8 Å². The minimum Gasteiger partial charge on any atom is -0.493 e. The van der Waals surface area contributed by atoms with E-state index in [9.17, 15) is 14.3 Å². The molecule has 160 valence electrons. The summed E-state index contributed by atoms with van der Waals surface area (Å²) in [6.45, 7) is 0. The van der Waals surface area contributed by atoms with E-state index in [0.29, 0.717) is 27.2 Å². The lowest BCUT2D eigenvalue weighted by Gasteiger charge is -2.08. The van der Waals surface area contributed by atoms with Gasteiger partial charge in [0.25, 0.3) is 5.56 Å². The average molecular weight is 457 g/mol. The van der Waals surface area contributed by atoms with Gasteiger partial charge in [-0.15, -0.1) is 0 Å². The van der Waals surface area contributed by atoms with Crippen molar-refractivity contribution in [1.82, 2.24) is 19.9 Å². The number of hydrogen-bond donors (Lipinski definition) is 3. The quantitative estimate of drug-likeness (QED) is 0.288. The third-order valence-corrected chi connectivity index (χ3v) is 6.07. The molecule has 0 aliphatic carbocycles. The van der Waals surface area contributed by atoms with Crippen LogP contribution in [0.25, 0.3) is 55.1 Å².